The molecule has 162 valence electrons. The quantitative estimate of drug-likeness (QED) is 0.534. The lowest BCUT2D eigenvalue weighted by atomic mass is 10.1. The van der Waals surface area contributed by atoms with Gasteiger partial charge in [-0.25, -0.2) is 4.99 Å². The molecular weight excluding hydrogens is 364 g/mol. The normalized spacial score (nSPS) is 21.8. The molecule has 0 spiro atoms. The standard InChI is InChI=1S/C23H38N4O2/c1-4-24-23(25-16-19(2)29-22-11-7-6-10-21(22)28-3)27-15-12-20(18-27)17-26-13-8-5-9-14-26/h6-7,10-11,19-20H,4-5,8-9,12-18H2,1-3H3,(H,24,25). The van der Waals surface area contributed by atoms with Gasteiger partial charge in [-0.05, 0) is 64.3 Å². The third kappa shape index (κ3) is 6.53. The van der Waals surface area contributed by atoms with Gasteiger partial charge in [0.05, 0.1) is 13.7 Å². The summed E-state index contributed by atoms with van der Waals surface area (Å²) < 4.78 is 11.4. The zero-order chi connectivity index (χ0) is 20.5. The molecular formula is C23H38N4O2. The Balaban J connectivity index is 1.52. The second-order valence-electron chi connectivity index (χ2n) is 8.24. The van der Waals surface area contributed by atoms with Gasteiger partial charge in [0.25, 0.3) is 0 Å². The fourth-order valence-electron chi connectivity index (χ4n) is 4.29. The van der Waals surface area contributed by atoms with E-state index in [9.17, 15) is 0 Å². The van der Waals surface area contributed by atoms with Crippen LogP contribution >= 0.6 is 0 Å². The van der Waals surface area contributed by atoms with E-state index >= 15 is 0 Å². The van der Waals surface area contributed by atoms with Crippen molar-refractivity contribution in [3.8, 4) is 11.5 Å². The van der Waals surface area contributed by atoms with Gasteiger partial charge in [0, 0.05) is 26.2 Å². The molecule has 6 nitrogen and oxygen atoms in total. The zero-order valence-corrected chi connectivity index (χ0v) is 18.4. The number of guanidine groups is 1. The van der Waals surface area contributed by atoms with Gasteiger partial charge in [0.15, 0.2) is 17.5 Å². The number of nitrogens with zero attached hydrogens (tertiary/aromatic N) is 3. The number of hydrogen-bond donors (Lipinski definition) is 1. The molecule has 2 unspecified atom stereocenters. The Kier molecular flexibility index (Phi) is 8.47. The first-order valence-corrected chi connectivity index (χ1v) is 11.2. The van der Waals surface area contributed by atoms with E-state index in [2.05, 4.69) is 29.0 Å². The van der Waals surface area contributed by atoms with Crippen LogP contribution in [0, 0.1) is 5.92 Å². The molecule has 0 radical (unpaired) electrons. The van der Waals surface area contributed by atoms with Gasteiger partial charge in [0.1, 0.15) is 6.10 Å². The second kappa shape index (κ2) is 11.3. The molecule has 0 bridgehead atoms. The summed E-state index contributed by atoms with van der Waals surface area (Å²) >= 11 is 0. The number of methoxy groups -OCH3 is 1. The van der Waals surface area contributed by atoms with E-state index in [-0.39, 0.29) is 6.10 Å². The molecule has 0 saturated carbocycles. The number of likely N-dealkylation sites (tertiary alicyclic amines) is 2. The van der Waals surface area contributed by atoms with Crippen LogP contribution in [0.1, 0.15) is 39.5 Å². The number of benzene rings is 1. The molecule has 2 aliphatic heterocycles. The molecule has 2 aliphatic rings. The first kappa shape index (κ1) is 21.8. The summed E-state index contributed by atoms with van der Waals surface area (Å²) in [5.41, 5.74) is 0. The molecule has 2 heterocycles. The van der Waals surface area contributed by atoms with E-state index in [1.807, 2.05) is 24.3 Å². The van der Waals surface area contributed by atoms with Crippen molar-refractivity contribution in [3.05, 3.63) is 24.3 Å². The van der Waals surface area contributed by atoms with Crippen LogP contribution < -0.4 is 14.8 Å². The van der Waals surface area contributed by atoms with Gasteiger partial charge in [-0.3, -0.25) is 0 Å². The minimum atomic E-state index is -0.0216. The summed E-state index contributed by atoms with van der Waals surface area (Å²) in [6, 6.07) is 7.77. The molecule has 2 atom stereocenters. The molecule has 2 fully saturated rings. The van der Waals surface area contributed by atoms with Crippen molar-refractivity contribution >= 4 is 5.96 Å². The highest BCUT2D eigenvalue weighted by Gasteiger charge is 2.27. The Labute approximate surface area is 176 Å². The van der Waals surface area contributed by atoms with Gasteiger partial charge >= 0.3 is 0 Å². The molecule has 1 aromatic rings. The molecule has 2 saturated heterocycles. The minimum Gasteiger partial charge on any atom is -0.493 e. The van der Waals surface area contributed by atoms with Crippen LogP contribution in [0.5, 0.6) is 11.5 Å². The summed E-state index contributed by atoms with van der Waals surface area (Å²) in [4.78, 5) is 9.96. The van der Waals surface area contributed by atoms with Crippen LogP contribution in [0.2, 0.25) is 0 Å². The molecule has 3 rings (SSSR count). The Hall–Kier alpha value is -1.95. The van der Waals surface area contributed by atoms with Crippen molar-refractivity contribution in [1.82, 2.24) is 15.1 Å². The molecule has 6 heteroatoms. The van der Waals surface area contributed by atoms with Gasteiger partial charge in [-0.15, -0.1) is 0 Å². The Morgan fingerprint density at radius 2 is 1.93 bits per heavy atom. The number of rotatable bonds is 8. The van der Waals surface area contributed by atoms with E-state index in [4.69, 9.17) is 14.5 Å². The van der Waals surface area contributed by atoms with Crippen molar-refractivity contribution < 1.29 is 9.47 Å². The SMILES string of the molecule is CCNC(=NCC(C)Oc1ccccc1OC)N1CCC(CN2CCCCC2)C1. The fraction of sp³-hybridized carbons (Fsp3) is 0.696. The molecule has 0 amide bonds. The van der Waals surface area contributed by atoms with Crippen molar-refractivity contribution in [2.45, 2.75) is 45.6 Å². The van der Waals surface area contributed by atoms with Gasteiger partial charge in [-0.2, -0.15) is 0 Å². The smallest absolute Gasteiger partial charge is 0.194 e. The first-order chi connectivity index (χ1) is 14.2. The number of piperidine rings is 1. The summed E-state index contributed by atoms with van der Waals surface area (Å²) in [6.45, 7) is 11.7. The highest BCUT2D eigenvalue weighted by molar-refractivity contribution is 5.80. The monoisotopic (exact) mass is 402 g/mol. The van der Waals surface area contributed by atoms with Gasteiger partial charge in [-0.1, -0.05) is 18.6 Å². The molecule has 1 N–H and O–H groups in total. The lowest BCUT2D eigenvalue weighted by molar-refractivity contribution is 0.198. The van der Waals surface area contributed by atoms with Crippen molar-refractivity contribution in [2.75, 3.05) is 52.9 Å². The van der Waals surface area contributed by atoms with Crippen LogP contribution in [-0.4, -0.2) is 74.8 Å². The minimum absolute atomic E-state index is 0.0216. The second-order valence-corrected chi connectivity index (χ2v) is 8.24. The van der Waals surface area contributed by atoms with Crippen LogP contribution in [-0.2, 0) is 0 Å². The van der Waals surface area contributed by atoms with Crippen LogP contribution in [0.3, 0.4) is 0 Å². The average Bonchev–Trinajstić information content (AvgIpc) is 3.20. The summed E-state index contributed by atoms with van der Waals surface area (Å²) in [5.74, 6) is 3.30. The summed E-state index contributed by atoms with van der Waals surface area (Å²) in [7, 11) is 1.67. The summed E-state index contributed by atoms with van der Waals surface area (Å²) in [5, 5.41) is 3.47. The third-order valence-corrected chi connectivity index (χ3v) is 5.78. The van der Waals surface area contributed by atoms with E-state index in [0.717, 1.165) is 43.0 Å². The maximum atomic E-state index is 6.06. The lowest BCUT2D eigenvalue weighted by Crippen LogP contribution is -2.41. The molecule has 1 aromatic carbocycles. The number of ether oxygens (including phenoxy) is 2. The van der Waals surface area contributed by atoms with E-state index in [1.165, 1.54) is 45.3 Å². The Morgan fingerprint density at radius 1 is 1.17 bits per heavy atom. The molecule has 29 heavy (non-hydrogen) atoms. The molecule has 0 aromatic heterocycles. The maximum absolute atomic E-state index is 6.06. The van der Waals surface area contributed by atoms with Crippen LogP contribution in [0.15, 0.2) is 29.3 Å². The van der Waals surface area contributed by atoms with Gasteiger partial charge < -0.3 is 24.6 Å². The number of nitrogens with one attached hydrogen (secondary N) is 1. The lowest BCUT2D eigenvalue weighted by Gasteiger charge is -2.29. The summed E-state index contributed by atoms with van der Waals surface area (Å²) in [6.07, 6.45) is 5.37. The topological polar surface area (TPSA) is 49.3 Å². The Bertz CT molecular complexity index is 646. The zero-order valence-electron chi connectivity index (χ0n) is 18.4. The van der Waals surface area contributed by atoms with E-state index < -0.39 is 0 Å². The van der Waals surface area contributed by atoms with Crippen molar-refractivity contribution in [1.29, 1.82) is 0 Å². The number of hydrogen-bond acceptors (Lipinski definition) is 4. The highest BCUT2D eigenvalue weighted by atomic mass is 16.5. The van der Waals surface area contributed by atoms with Crippen molar-refractivity contribution in [3.63, 3.8) is 0 Å². The van der Waals surface area contributed by atoms with E-state index in [0.29, 0.717) is 6.54 Å². The van der Waals surface area contributed by atoms with Crippen molar-refractivity contribution in [2.24, 2.45) is 10.9 Å². The molecule has 0 aliphatic carbocycles. The van der Waals surface area contributed by atoms with Crippen LogP contribution in [0.25, 0.3) is 0 Å². The predicted octanol–water partition coefficient (Wildman–Crippen LogP) is 3.24. The number of aliphatic imine (C=N–C) groups is 1. The predicted molar refractivity (Wildman–Crippen MR) is 119 cm³/mol. The average molecular weight is 403 g/mol. The third-order valence-electron chi connectivity index (χ3n) is 5.78. The first-order valence-electron chi connectivity index (χ1n) is 11.2. The largest absolute Gasteiger partial charge is 0.493 e. The fourth-order valence-corrected chi connectivity index (χ4v) is 4.29. The number of para-hydroxylation sites is 2. The maximum Gasteiger partial charge on any atom is 0.194 e. The highest BCUT2D eigenvalue weighted by Crippen LogP contribution is 2.27. The van der Waals surface area contributed by atoms with Crippen LogP contribution in [0.4, 0.5) is 0 Å². The Morgan fingerprint density at radius 3 is 2.66 bits per heavy atom. The van der Waals surface area contributed by atoms with Gasteiger partial charge in [0.2, 0.25) is 0 Å². The van der Waals surface area contributed by atoms with E-state index in [1.54, 1.807) is 7.11 Å².